The molecule has 1 unspecified atom stereocenters. The van der Waals surface area contributed by atoms with E-state index < -0.39 is 0 Å². The van der Waals surface area contributed by atoms with E-state index in [9.17, 15) is 4.39 Å². The predicted octanol–water partition coefficient (Wildman–Crippen LogP) is 3.52. The first kappa shape index (κ1) is 12.2. The summed E-state index contributed by atoms with van der Waals surface area (Å²) in [7, 11) is 0. The quantitative estimate of drug-likeness (QED) is 0.782. The summed E-state index contributed by atoms with van der Waals surface area (Å²) in [5, 5.41) is 3.43. The average molecular weight is 209 g/mol. The molecule has 0 spiro atoms. The summed E-state index contributed by atoms with van der Waals surface area (Å²) in [4.78, 5) is 0. The van der Waals surface area contributed by atoms with Crippen molar-refractivity contribution in [1.29, 1.82) is 0 Å². The molecule has 1 aromatic carbocycles. The molecule has 0 bridgehead atoms. The summed E-state index contributed by atoms with van der Waals surface area (Å²) >= 11 is 0. The molecule has 1 rings (SSSR count). The van der Waals surface area contributed by atoms with Crippen molar-refractivity contribution < 1.29 is 4.39 Å². The number of nitrogens with one attached hydrogen (secondary N) is 1. The van der Waals surface area contributed by atoms with Crippen molar-refractivity contribution in [1.82, 2.24) is 5.32 Å². The molecule has 15 heavy (non-hydrogen) atoms. The molecule has 0 aliphatic heterocycles. The zero-order valence-electron chi connectivity index (χ0n) is 9.76. The third-order valence-corrected chi connectivity index (χ3v) is 2.43. The lowest BCUT2D eigenvalue weighted by molar-refractivity contribution is 0.438. The van der Waals surface area contributed by atoms with E-state index in [-0.39, 0.29) is 5.82 Å². The third-order valence-electron chi connectivity index (χ3n) is 2.43. The summed E-state index contributed by atoms with van der Waals surface area (Å²) in [5.41, 5.74) is 1.17. The molecule has 2 heteroatoms. The summed E-state index contributed by atoms with van der Waals surface area (Å²) in [6, 6.07) is 7.13. The van der Waals surface area contributed by atoms with Gasteiger partial charge in [0.1, 0.15) is 5.82 Å². The molecule has 0 radical (unpaired) electrons. The molecular formula is C13H20FN. The molecule has 84 valence electrons. The second-order valence-corrected chi connectivity index (χ2v) is 4.29. The highest BCUT2D eigenvalue weighted by Gasteiger charge is 2.11. The third kappa shape index (κ3) is 4.00. The van der Waals surface area contributed by atoms with Crippen molar-refractivity contribution in [3.8, 4) is 0 Å². The van der Waals surface area contributed by atoms with E-state index in [4.69, 9.17) is 0 Å². The molecule has 0 fully saturated rings. The highest BCUT2D eigenvalue weighted by Crippen LogP contribution is 2.21. The maximum Gasteiger partial charge on any atom is 0.123 e. The molecule has 0 aliphatic rings. The second-order valence-electron chi connectivity index (χ2n) is 4.29. The number of rotatable bonds is 5. The lowest BCUT2D eigenvalue weighted by atomic mass is 9.97. The van der Waals surface area contributed by atoms with E-state index in [0.29, 0.717) is 12.0 Å². The van der Waals surface area contributed by atoms with Crippen LogP contribution in [0.3, 0.4) is 0 Å². The second kappa shape index (κ2) is 5.86. The van der Waals surface area contributed by atoms with Crippen molar-refractivity contribution in [2.24, 2.45) is 5.92 Å². The minimum absolute atomic E-state index is 0.168. The summed E-state index contributed by atoms with van der Waals surface area (Å²) in [6.45, 7) is 7.44. The first-order valence-corrected chi connectivity index (χ1v) is 5.62. The molecule has 1 N–H and O–H groups in total. The van der Waals surface area contributed by atoms with Crippen LogP contribution in [-0.4, -0.2) is 6.54 Å². The van der Waals surface area contributed by atoms with Gasteiger partial charge < -0.3 is 5.32 Å². The minimum Gasteiger partial charge on any atom is -0.310 e. The largest absolute Gasteiger partial charge is 0.310 e. The number of hydrogen-bond donors (Lipinski definition) is 1. The molecule has 0 aromatic heterocycles. The van der Waals surface area contributed by atoms with Crippen LogP contribution in [-0.2, 0) is 0 Å². The smallest absolute Gasteiger partial charge is 0.123 e. The van der Waals surface area contributed by atoms with Gasteiger partial charge in [-0.25, -0.2) is 4.39 Å². The molecule has 0 saturated heterocycles. The van der Waals surface area contributed by atoms with E-state index in [2.05, 4.69) is 26.1 Å². The van der Waals surface area contributed by atoms with Crippen LogP contribution in [0.1, 0.15) is 38.8 Å². The van der Waals surface area contributed by atoms with Gasteiger partial charge in [0.2, 0.25) is 0 Å². The van der Waals surface area contributed by atoms with Crippen LogP contribution < -0.4 is 5.32 Å². The van der Waals surface area contributed by atoms with Gasteiger partial charge in [0.25, 0.3) is 0 Å². The number of hydrogen-bond acceptors (Lipinski definition) is 1. The van der Waals surface area contributed by atoms with Gasteiger partial charge in [-0.3, -0.25) is 0 Å². The Hall–Kier alpha value is -0.890. The topological polar surface area (TPSA) is 12.0 Å². The van der Waals surface area contributed by atoms with Crippen LogP contribution in [0, 0.1) is 11.7 Å². The Balaban J connectivity index is 2.74. The minimum atomic E-state index is -0.168. The molecule has 1 atom stereocenters. The lowest BCUT2D eigenvalue weighted by Gasteiger charge is -2.20. The zero-order valence-corrected chi connectivity index (χ0v) is 9.76. The van der Waals surface area contributed by atoms with Gasteiger partial charge in [-0.1, -0.05) is 32.9 Å². The van der Waals surface area contributed by atoms with Crippen molar-refractivity contribution in [2.75, 3.05) is 6.54 Å². The van der Waals surface area contributed by atoms with Gasteiger partial charge in [-0.15, -0.1) is 0 Å². The van der Waals surface area contributed by atoms with Gasteiger partial charge >= 0.3 is 0 Å². The SMILES string of the molecule is CCNC(CC(C)C)c1ccc(F)cc1. The van der Waals surface area contributed by atoms with Crippen molar-refractivity contribution in [2.45, 2.75) is 33.2 Å². The van der Waals surface area contributed by atoms with Gasteiger partial charge in [-0.2, -0.15) is 0 Å². The fraction of sp³-hybridized carbons (Fsp3) is 0.538. The average Bonchev–Trinajstić information content (AvgIpc) is 2.17. The monoisotopic (exact) mass is 209 g/mol. The van der Waals surface area contributed by atoms with Crippen LogP contribution in [0.15, 0.2) is 24.3 Å². The Morgan fingerprint density at radius 2 is 1.80 bits per heavy atom. The zero-order chi connectivity index (χ0) is 11.3. The Kier molecular flexibility index (Phi) is 4.76. The van der Waals surface area contributed by atoms with E-state index in [0.717, 1.165) is 13.0 Å². The fourth-order valence-corrected chi connectivity index (χ4v) is 1.75. The molecule has 0 heterocycles. The number of halogens is 1. The van der Waals surface area contributed by atoms with E-state index >= 15 is 0 Å². The van der Waals surface area contributed by atoms with Crippen LogP contribution in [0.25, 0.3) is 0 Å². The van der Waals surface area contributed by atoms with E-state index in [1.807, 2.05) is 12.1 Å². The lowest BCUT2D eigenvalue weighted by Crippen LogP contribution is -2.22. The molecule has 0 saturated carbocycles. The Morgan fingerprint density at radius 1 is 1.20 bits per heavy atom. The van der Waals surface area contributed by atoms with Crippen LogP contribution in [0.4, 0.5) is 4.39 Å². The van der Waals surface area contributed by atoms with Crippen molar-refractivity contribution in [3.05, 3.63) is 35.6 Å². The van der Waals surface area contributed by atoms with Gasteiger partial charge in [0.15, 0.2) is 0 Å². The van der Waals surface area contributed by atoms with E-state index in [1.165, 1.54) is 17.7 Å². The Bertz CT molecular complexity index is 279. The molecule has 1 nitrogen and oxygen atoms in total. The first-order chi connectivity index (χ1) is 7.13. The summed E-state index contributed by atoms with van der Waals surface area (Å²) in [6.07, 6.45) is 1.08. The van der Waals surface area contributed by atoms with Gasteiger partial charge in [0, 0.05) is 6.04 Å². The predicted molar refractivity (Wildman–Crippen MR) is 62.3 cm³/mol. The fourth-order valence-electron chi connectivity index (χ4n) is 1.75. The highest BCUT2D eigenvalue weighted by molar-refractivity contribution is 5.19. The van der Waals surface area contributed by atoms with Gasteiger partial charge in [-0.05, 0) is 36.6 Å². The number of benzene rings is 1. The van der Waals surface area contributed by atoms with Crippen molar-refractivity contribution in [3.63, 3.8) is 0 Å². The van der Waals surface area contributed by atoms with E-state index in [1.54, 1.807) is 0 Å². The van der Waals surface area contributed by atoms with Crippen LogP contribution >= 0.6 is 0 Å². The van der Waals surface area contributed by atoms with Crippen LogP contribution in [0.5, 0.6) is 0 Å². The first-order valence-electron chi connectivity index (χ1n) is 5.62. The standard InChI is InChI=1S/C13H20FN/c1-4-15-13(9-10(2)3)11-5-7-12(14)8-6-11/h5-8,10,13,15H,4,9H2,1-3H3. The molecule has 0 aliphatic carbocycles. The molecular weight excluding hydrogens is 189 g/mol. The van der Waals surface area contributed by atoms with Crippen LogP contribution in [0.2, 0.25) is 0 Å². The Morgan fingerprint density at radius 3 is 2.27 bits per heavy atom. The van der Waals surface area contributed by atoms with Crippen molar-refractivity contribution >= 4 is 0 Å². The summed E-state index contributed by atoms with van der Waals surface area (Å²) < 4.78 is 12.8. The highest BCUT2D eigenvalue weighted by atomic mass is 19.1. The summed E-state index contributed by atoms with van der Waals surface area (Å²) in [5.74, 6) is 0.470. The normalized spacial score (nSPS) is 13.1. The molecule has 1 aromatic rings. The molecule has 0 amide bonds. The Labute approximate surface area is 91.7 Å². The van der Waals surface area contributed by atoms with Gasteiger partial charge in [0.05, 0.1) is 0 Å². The maximum atomic E-state index is 12.8. The maximum absolute atomic E-state index is 12.8.